The Morgan fingerprint density at radius 1 is 1.50 bits per heavy atom. The second kappa shape index (κ2) is 5.28. The van der Waals surface area contributed by atoms with Crippen molar-refractivity contribution in [3.8, 4) is 0 Å². The monoisotopic (exact) mass is 223 g/mol. The lowest BCUT2D eigenvalue weighted by Gasteiger charge is -2.12. The highest BCUT2D eigenvalue weighted by Crippen LogP contribution is 1.92. The minimum absolute atomic E-state index is 0.0842. The highest BCUT2D eigenvalue weighted by Gasteiger charge is 2.14. The van der Waals surface area contributed by atoms with E-state index in [4.69, 9.17) is 5.73 Å². The first kappa shape index (κ1) is 13.3. The lowest BCUT2D eigenvalue weighted by atomic mass is 10.3. The Morgan fingerprint density at radius 2 is 2.00 bits per heavy atom. The number of carbonyl (C=O) groups excluding carboxylic acids is 1. The van der Waals surface area contributed by atoms with Crippen molar-refractivity contribution in [2.24, 2.45) is 5.73 Å². The van der Waals surface area contributed by atoms with Gasteiger partial charge in [-0.2, -0.15) is 0 Å². The quantitative estimate of drug-likeness (QED) is 0.583. The van der Waals surface area contributed by atoms with Gasteiger partial charge in [0, 0.05) is 20.6 Å². The van der Waals surface area contributed by atoms with Crippen LogP contribution in [0.3, 0.4) is 0 Å². The van der Waals surface area contributed by atoms with Crippen LogP contribution in [0.4, 0.5) is 0 Å². The summed E-state index contributed by atoms with van der Waals surface area (Å²) in [5.41, 5.74) is 5.27. The van der Waals surface area contributed by atoms with Crippen LogP contribution in [0.2, 0.25) is 0 Å². The Balaban J connectivity index is 3.93. The standard InChI is InChI=1S/C7H17N3O3S/c1-6(8)7(11)9-4-5-14(12,13)10(2)3/h6H,4-5,8H2,1-3H3,(H,9,11)/t6-/m0/s1. The van der Waals surface area contributed by atoms with E-state index in [0.29, 0.717) is 0 Å². The van der Waals surface area contributed by atoms with E-state index in [1.807, 2.05) is 0 Å². The Bertz CT molecular complexity index is 285. The highest BCUT2D eigenvalue weighted by molar-refractivity contribution is 7.89. The maximum Gasteiger partial charge on any atom is 0.236 e. The number of nitrogens with two attached hydrogens (primary N) is 1. The molecule has 7 heteroatoms. The Kier molecular flexibility index (Phi) is 5.03. The number of nitrogens with one attached hydrogen (secondary N) is 1. The molecule has 0 saturated carbocycles. The lowest BCUT2D eigenvalue weighted by molar-refractivity contribution is -0.121. The summed E-state index contributed by atoms with van der Waals surface area (Å²) in [5, 5.41) is 2.42. The van der Waals surface area contributed by atoms with Gasteiger partial charge in [0.2, 0.25) is 15.9 Å². The number of carbonyl (C=O) groups is 1. The molecule has 0 aliphatic heterocycles. The molecule has 0 aromatic heterocycles. The average molecular weight is 223 g/mol. The molecule has 0 saturated heterocycles. The molecule has 0 aliphatic rings. The van der Waals surface area contributed by atoms with Gasteiger partial charge in [0.15, 0.2) is 0 Å². The van der Waals surface area contributed by atoms with Crippen LogP contribution < -0.4 is 11.1 Å². The molecule has 0 fully saturated rings. The maximum atomic E-state index is 11.2. The van der Waals surface area contributed by atoms with Gasteiger partial charge >= 0.3 is 0 Å². The molecule has 0 aromatic carbocycles. The van der Waals surface area contributed by atoms with Gasteiger partial charge in [-0.1, -0.05) is 0 Å². The molecule has 0 unspecified atom stereocenters. The normalized spacial score (nSPS) is 14.1. The summed E-state index contributed by atoms with van der Waals surface area (Å²) >= 11 is 0. The van der Waals surface area contributed by atoms with Gasteiger partial charge in [-0.05, 0) is 6.92 Å². The fourth-order valence-corrected chi connectivity index (χ4v) is 1.37. The van der Waals surface area contributed by atoms with Crippen molar-refractivity contribution in [1.29, 1.82) is 0 Å². The smallest absolute Gasteiger partial charge is 0.236 e. The summed E-state index contributed by atoms with van der Waals surface area (Å²) in [7, 11) is -0.348. The predicted molar refractivity (Wildman–Crippen MR) is 54.1 cm³/mol. The summed E-state index contributed by atoms with van der Waals surface area (Å²) in [6.07, 6.45) is 0. The first-order valence-electron chi connectivity index (χ1n) is 4.21. The SMILES string of the molecule is C[C@H](N)C(=O)NCCS(=O)(=O)N(C)C. The number of nitrogens with zero attached hydrogens (tertiary/aromatic N) is 1. The molecule has 0 radical (unpaired) electrons. The number of sulfonamides is 1. The summed E-state index contributed by atoms with van der Waals surface area (Å²) in [6.45, 7) is 1.62. The molecular formula is C7H17N3O3S. The van der Waals surface area contributed by atoms with Gasteiger partial charge in [-0.3, -0.25) is 4.79 Å². The van der Waals surface area contributed by atoms with Gasteiger partial charge in [0.1, 0.15) is 0 Å². The zero-order valence-electron chi connectivity index (χ0n) is 8.65. The van der Waals surface area contributed by atoms with Crippen molar-refractivity contribution in [2.45, 2.75) is 13.0 Å². The number of rotatable bonds is 5. The lowest BCUT2D eigenvalue weighted by Crippen LogP contribution is -2.41. The van der Waals surface area contributed by atoms with Gasteiger partial charge < -0.3 is 11.1 Å². The second-order valence-corrected chi connectivity index (χ2v) is 5.48. The summed E-state index contributed by atoms with van der Waals surface area (Å²) in [6, 6.07) is -0.614. The van der Waals surface area contributed by atoms with Crippen LogP contribution in [0, 0.1) is 0 Å². The Morgan fingerprint density at radius 3 is 2.36 bits per heavy atom. The van der Waals surface area contributed by atoms with Crippen LogP contribution >= 0.6 is 0 Å². The van der Waals surface area contributed by atoms with Crippen LogP contribution in [0.25, 0.3) is 0 Å². The molecule has 0 aliphatic carbocycles. The molecule has 3 N–H and O–H groups in total. The van der Waals surface area contributed by atoms with Crippen molar-refractivity contribution >= 4 is 15.9 Å². The van der Waals surface area contributed by atoms with Crippen LogP contribution in [0.1, 0.15) is 6.92 Å². The third kappa shape index (κ3) is 4.54. The van der Waals surface area contributed by atoms with Crippen LogP contribution in [-0.4, -0.2) is 51.1 Å². The molecular weight excluding hydrogens is 206 g/mol. The molecule has 0 aromatic rings. The fraction of sp³-hybridized carbons (Fsp3) is 0.857. The molecule has 14 heavy (non-hydrogen) atoms. The topological polar surface area (TPSA) is 92.5 Å². The van der Waals surface area contributed by atoms with Gasteiger partial charge in [-0.15, -0.1) is 0 Å². The molecule has 1 atom stereocenters. The van der Waals surface area contributed by atoms with Crippen molar-refractivity contribution in [1.82, 2.24) is 9.62 Å². The minimum Gasteiger partial charge on any atom is -0.354 e. The minimum atomic E-state index is -3.24. The van der Waals surface area contributed by atoms with E-state index < -0.39 is 16.1 Å². The highest BCUT2D eigenvalue weighted by atomic mass is 32.2. The molecule has 0 spiro atoms. The van der Waals surface area contributed by atoms with E-state index in [9.17, 15) is 13.2 Å². The number of hydrogen-bond donors (Lipinski definition) is 2. The largest absolute Gasteiger partial charge is 0.354 e. The first-order valence-corrected chi connectivity index (χ1v) is 5.82. The molecule has 0 heterocycles. The van der Waals surface area contributed by atoms with E-state index in [0.717, 1.165) is 4.31 Å². The summed E-state index contributed by atoms with van der Waals surface area (Å²) in [4.78, 5) is 11.0. The molecule has 1 amide bonds. The third-order valence-electron chi connectivity index (χ3n) is 1.63. The van der Waals surface area contributed by atoms with E-state index in [1.165, 1.54) is 21.0 Å². The first-order chi connectivity index (χ1) is 6.27. The van der Waals surface area contributed by atoms with Crippen molar-refractivity contribution in [2.75, 3.05) is 26.4 Å². The van der Waals surface area contributed by atoms with Crippen LogP contribution in [0.15, 0.2) is 0 Å². The zero-order valence-corrected chi connectivity index (χ0v) is 9.47. The zero-order chi connectivity index (χ0) is 11.4. The van der Waals surface area contributed by atoms with E-state index in [1.54, 1.807) is 0 Å². The number of hydrogen-bond acceptors (Lipinski definition) is 4. The van der Waals surface area contributed by atoms with E-state index >= 15 is 0 Å². The molecule has 0 bridgehead atoms. The molecule has 0 rings (SSSR count). The second-order valence-electron chi connectivity index (χ2n) is 3.18. The van der Waals surface area contributed by atoms with Crippen molar-refractivity contribution < 1.29 is 13.2 Å². The van der Waals surface area contributed by atoms with Gasteiger partial charge in [-0.25, -0.2) is 12.7 Å². The van der Waals surface area contributed by atoms with Gasteiger partial charge in [0.05, 0.1) is 11.8 Å². The third-order valence-corrected chi connectivity index (χ3v) is 3.46. The molecule has 84 valence electrons. The van der Waals surface area contributed by atoms with Crippen molar-refractivity contribution in [3.63, 3.8) is 0 Å². The Hall–Kier alpha value is -0.660. The molecule has 6 nitrogen and oxygen atoms in total. The summed E-state index contributed by atoms with van der Waals surface area (Å²) in [5.74, 6) is -0.461. The fourth-order valence-electron chi connectivity index (χ4n) is 0.647. The van der Waals surface area contributed by atoms with Crippen LogP contribution in [-0.2, 0) is 14.8 Å². The van der Waals surface area contributed by atoms with Crippen molar-refractivity contribution in [3.05, 3.63) is 0 Å². The van der Waals surface area contributed by atoms with Crippen LogP contribution in [0.5, 0.6) is 0 Å². The van der Waals surface area contributed by atoms with E-state index in [-0.39, 0.29) is 18.2 Å². The predicted octanol–water partition coefficient (Wildman–Crippen LogP) is -1.66. The van der Waals surface area contributed by atoms with Gasteiger partial charge in [0.25, 0.3) is 0 Å². The number of amides is 1. The maximum absolute atomic E-state index is 11.2. The van der Waals surface area contributed by atoms with E-state index in [2.05, 4.69) is 5.32 Å². The summed E-state index contributed by atoms with van der Waals surface area (Å²) < 4.78 is 23.6. The average Bonchev–Trinajstić information content (AvgIpc) is 2.03. The Labute approximate surface area is 84.5 Å².